The standard InChI is InChI=1S/C23H34N6O/c1-18(2)23(30)28-12-10-27(11-13-28)16-21-24-22-20(15-25(3)17-26(22)4)29(21)14-19-8-6-5-7-9-19/h5-9,15,18,21H,10-14,16-17H2,1-4H3. The molecule has 0 aromatic heterocycles. The number of carbonyl (C=O) groups excluding carboxylic acids is 1. The molecule has 1 saturated heterocycles. The molecule has 1 aromatic rings. The second-order valence-corrected chi connectivity index (χ2v) is 8.94. The fourth-order valence-electron chi connectivity index (χ4n) is 4.50. The summed E-state index contributed by atoms with van der Waals surface area (Å²) < 4.78 is 0. The van der Waals surface area contributed by atoms with Gasteiger partial charge in [0.1, 0.15) is 6.17 Å². The zero-order chi connectivity index (χ0) is 21.3. The monoisotopic (exact) mass is 410 g/mol. The molecule has 0 spiro atoms. The Morgan fingerprint density at radius 2 is 1.80 bits per heavy atom. The Balaban J connectivity index is 1.48. The third-order valence-electron chi connectivity index (χ3n) is 6.10. The minimum atomic E-state index is 0.0711. The maximum atomic E-state index is 12.3. The van der Waals surface area contributed by atoms with E-state index in [1.54, 1.807) is 0 Å². The Kier molecular flexibility index (Phi) is 5.99. The summed E-state index contributed by atoms with van der Waals surface area (Å²) in [5.41, 5.74) is 2.50. The normalized spacial score (nSPS) is 22.4. The lowest BCUT2D eigenvalue weighted by Gasteiger charge is -2.38. The molecular weight excluding hydrogens is 376 g/mol. The predicted molar refractivity (Wildman–Crippen MR) is 120 cm³/mol. The van der Waals surface area contributed by atoms with Gasteiger partial charge in [-0.05, 0) is 5.56 Å². The number of nitrogens with zero attached hydrogens (tertiary/aromatic N) is 6. The molecule has 1 unspecified atom stereocenters. The van der Waals surface area contributed by atoms with Crippen molar-refractivity contribution in [3.63, 3.8) is 0 Å². The summed E-state index contributed by atoms with van der Waals surface area (Å²) in [5, 5.41) is 0. The van der Waals surface area contributed by atoms with E-state index in [0.717, 1.165) is 51.8 Å². The molecule has 3 aliphatic heterocycles. The fourth-order valence-corrected chi connectivity index (χ4v) is 4.50. The molecule has 1 amide bonds. The Morgan fingerprint density at radius 3 is 2.47 bits per heavy atom. The summed E-state index contributed by atoms with van der Waals surface area (Å²) in [6, 6.07) is 10.6. The van der Waals surface area contributed by atoms with Crippen molar-refractivity contribution < 1.29 is 4.79 Å². The largest absolute Gasteiger partial charge is 0.361 e. The highest BCUT2D eigenvalue weighted by molar-refractivity contribution is 5.99. The van der Waals surface area contributed by atoms with Crippen LogP contribution in [0.4, 0.5) is 0 Å². The number of fused-ring (bicyclic) bond motifs is 1. The van der Waals surface area contributed by atoms with Crippen molar-refractivity contribution in [3.05, 3.63) is 47.8 Å². The number of piperazine rings is 1. The van der Waals surface area contributed by atoms with Gasteiger partial charge < -0.3 is 19.6 Å². The summed E-state index contributed by atoms with van der Waals surface area (Å²) in [5.74, 6) is 1.42. The number of likely N-dealkylation sites (N-methyl/N-ethyl adjacent to an activating group) is 1. The van der Waals surface area contributed by atoms with Gasteiger partial charge in [0.2, 0.25) is 5.91 Å². The molecule has 0 bridgehead atoms. The molecule has 30 heavy (non-hydrogen) atoms. The average Bonchev–Trinajstić information content (AvgIpc) is 3.06. The van der Waals surface area contributed by atoms with Gasteiger partial charge in [-0.2, -0.15) is 0 Å². The van der Waals surface area contributed by atoms with E-state index in [9.17, 15) is 4.79 Å². The number of rotatable bonds is 5. The van der Waals surface area contributed by atoms with Crippen molar-refractivity contribution in [3.8, 4) is 0 Å². The third kappa shape index (κ3) is 4.31. The van der Waals surface area contributed by atoms with Gasteiger partial charge in [-0.25, -0.2) is 4.99 Å². The van der Waals surface area contributed by atoms with Gasteiger partial charge in [0.25, 0.3) is 0 Å². The number of amidine groups is 1. The van der Waals surface area contributed by atoms with Crippen LogP contribution >= 0.6 is 0 Å². The Hall–Kier alpha value is -2.54. The van der Waals surface area contributed by atoms with Gasteiger partial charge in [-0.1, -0.05) is 44.2 Å². The van der Waals surface area contributed by atoms with Crippen LogP contribution in [0, 0.1) is 5.92 Å². The first-order chi connectivity index (χ1) is 14.4. The molecule has 3 heterocycles. The number of amides is 1. The van der Waals surface area contributed by atoms with Crippen LogP contribution in [-0.4, -0.2) is 95.9 Å². The predicted octanol–water partition coefficient (Wildman–Crippen LogP) is 1.70. The third-order valence-corrected chi connectivity index (χ3v) is 6.10. The van der Waals surface area contributed by atoms with Gasteiger partial charge in [0.05, 0.1) is 12.4 Å². The zero-order valence-corrected chi connectivity index (χ0v) is 18.7. The number of aliphatic imine (C=N–C) groups is 1. The molecule has 3 aliphatic rings. The summed E-state index contributed by atoms with van der Waals surface area (Å²) in [7, 11) is 4.22. The van der Waals surface area contributed by atoms with Crippen LogP contribution in [0.25, 0.3) is 0 Å². The summed E-state index contributed by atoms with van der Waals surface area (Å²) in [6.45, 7) is 9.98. The van der Waals surface area contributed by atoms with E-state index in [4.69, 9.17) is 4.99 Å². The smallest absolute Gasteiger partial charge is 0.225 e. The van der Waals surface area contributed by atoms with Crippen LogP contribution in [0.5, 0.6) is 0 Å². The average molecular weight is 411 g/mol. The van der Waals surface area contributed by atoms with Gasteiger partial charge >= 0.3 is 0 Å². The van der Waals surface area contributed by atoms with Crippen molar-refractivity contribution in [2.24, 2.45) is 10.9 Å². The molecule has 0 radical (unpaired) electrons. The van der Waals surface area contributed by atoms with Gasteiger partial charge in [0.15, 0.2) is 5.84 Å². The van der Waals surface area contributed by atoms with Crippen LogP contribution in [0.3, 0.4) is 0 Å². The molecule has 7 heteroatoms. The number of carbonyl (C=O) groups is 1. The lowest BCUT2D eigenvalue weighted by Crippen LogP contribution is -2.52. The Labute approximate surface area is 180 Å². The molecule has 1 fully saturated rings. The van der Waals surface area contributed by atoms with E-state index in [2.05, 4.69) is 70.2 Å². The van der Waals surface area contributed by atoms with Gasteiger partial charge in [-0.15, -0.1) is 0 Å². The molecule has 0 aliphatic carbocycles. The van der Waals surface area contributed by atoms with E-state index in [-0.39, 0.29) is 18.0 Å². The molecule has 1 aromatic carbocycles. The highest BCUT2D eigenvalue weighted by Crippen LogP contribution is 2.28. The van der Waals surface area contributed by atoms with Crippen molar-refractivity contribution in [2.45, 2.75) is 26.6 Å². The topological polar surface area (TPSA) is 45.6 Å². The van der Waals surface area contributed by atoms with Crippen LogP contribution in [0.2, 0.25) is 0 Å². The van der Waals surface area contributed by atoms with Crippen LogP contribution < -0.4 is 0 Å². The highest BCUT2D eigenvalue weighted by atomic mass is 16.2. The van der Waals surface area contributed by atoms with E-state index >= 15 is 0 Å². The second-order valence-electron chi connectivity index (χ2n) is 8.94. The minimum absolute atomic E-state index is 0.0711. The van der Waals surface area contributed by atoms with Gasteiger partial charge in [0, 0.05) is 65.5 Å². The number of hydrogen-bond donors (Lipinski definition) is 0. The molecule has 162 valence electrons. The molecule has 7 nitrogen and oxygen atoms in total. The summed E-state index contributed by atoms with van der Waals surface area (Å²) >= 11 is 0. The molecule has 0 N–H and O–H groups in total. The quantitative estimate of drug-likeness (QED) is 0.740. The van der Waals surface area contributed by atoms with Crippen LogP contribution in [0.15, 0.2) is 47.2 Å². The maximum absolute atomic E-state index is 12.3. The SMILES string of the molecule is CC(C)C(=O)N1CCN(CC2N=C3C(=CN(C)CN3C)N2Cc2ccccc2)CC1. The van der Waals surface area contributed by atoms with Crippen molar-refractivity contribution in [1.29, 1.82) is 0 Å². The Morgan fingerprint density at radius 1 is 1.10 bits per heavy atom. The van der Waals surface area contributed by atoms with Crippen LogP contribution in [-0.2, 0) is 11.3 Å². The minimum Gasteiger partial charge on any atom is -0.361 e. The molecule has 0 saturated carbocycles. The second kappa shape index (κ2) is 8.68. The lowest BCUT2D eigenvalue weighted by molar-refractivity contribution is -0.136. The van der Waals surface area contributed by atoms with E-state index in [1.165, 1.54) is 11.3 Å². The summed E-state index contributed by atoms with van der Waals surface area (Å²) in [4.78, 5) is 28.8. The van der Waals surface area contributed by atoms with Gasteiger partial charge in [-0.3, -0.25) is 9.69 Å². The Bertz CT molecular complexity index is 812. The molecule has 1 atom stereocenters. The first-order valence-corrected chi connectivity index (χ1v) is 11.0. The first-order valence-electron chi connectivity index (χ1n) is 11.0. The fraction of sp³-hybridized carbons (Fsp3) is 0.565. The van der Waals surface area contributed by atoms with E-state index in [0.29, 0.717) is 0 Å². The number of benzene rings is 1. The van der Waals surface area contributed by atoms with Crippen molar-refractivity contribution in [1.82, 2.24) is 24.5 Å². The zero-order valence-electron chi connectivity index (χ0n) is 18.7. The van der Waals surface area contributed by atoms with Crippen LogP contribution in [0.1, 0.15) is 19.4 Å². The molecule has 4 rings (SSSR count). The first kappa shape index (κ1) is 20.7. The summed E-state index contributed by atoms with van der Waals surface area (Å²) in [6.07, 6.45) is 2.31. The maximum Gasteiger partial charge on any atom is 0.225 e. The lowest BCUT2D eigenvalue weighted by atomic mass is 10.1. The molecular formula is C23H34N6O. The van der Waals surface area contributed by atoms with E-state index in [1.807, 2.05) is 18.7 Å². The van der Waals surface area contributed by atoms with Crippen molar-refractivity contribution in [2.75, 3.05) is 53.5 Å². The van der Waals surface area contributed by atoms with E-state index < -0.39 is 0 Å². The number of hydrogen-bond acceptors (Lipinski definition) is 6. The van der Waals surface area contributed by atoms with Crippen molar-refractivity contribution >= 4 is 11.7 Å². The highest BCUT2D eigenvalue weighted by Gasteiger charge is 2.36.